The van der Waals surface area contributed by atoms with Crippen molar-refractivity contribution in [1.82, 2.24) is 19.9 Å². The Labute approximate surface area is 126 Å². The summed E-state index contributed by atoms with van der Waals surface area (Å²) in [6.07, 6.45) is 1.78. The van der Waals surface area contributed by atoms with E-state index in [2.05, 4.69) is 10.3 Å². The van der Waals surface area contributed by atoms with Crippen LogP contribution in [0, 0.1) is 5.82 Å². The zero-order valence-corrected chi connectivity index (χ0v) is 12.4. The van der Waals surface area contributed by atoms with Crippen LogP contribution in [0.5, 0.6) is 0 Å². The number of benzene rings is 1. The van der Waals surface area contributed by atoms with Gasteiger partial charge in [-0.05, 0) is 13.0 Å². The molecule has 1 aromatic carbocycles. The van der Waals surface area contributed by atoms with E-state index in [-0.39, 0.29) is 17.1 Å². The molecule has 2 heterocycles. The van der Waals surface area contributed by atoms with Crippen molar-refractivity contribution < 1.29 is 9.18 Å². The first-order chi connectivity index (χ1) is 10.2. The van der Waals surface area contributed by atoms with Crippen molar-refractivity contribution in [3.05, 3.63) is 47.5 Å². The maximum atomic E-state index is 13.6. The van der Waals surface area contributed by atoms with Gasteiger partial charge in [-0.15, -0.1) is 16.9 Å². The highest BCUT2D eigenvalue weighted by molar-refractivity contribution is 8.00. The number of hydrogen-bond donors (Lipinski definition) is 0. The molecule has 110 valence electrons. The van der Waals surface area contributed by atoms with E-state index >= 15 is 0 Å². The number of carbonyl (C=O) groups excluding carboxylic acids is 1. The molecular formula is C14H15FN4OS. The third-order valence-corrected chi connectivity index (χ3v) is 4.63. The molecule has 2 aromatic rings. The van der Waals surface area contributed by atoms with Crippen molar-refractivity contribution in [2.45, 2.75) is 18.8 Å². The van der Waals surface area contributed by atoms with E-state index in [4.69, 9.17) is 0 Å². The maximum absolute atomic E-state index is 13.6. The summed E-state index contributed by atoms with van der Waals surface area (Å²) in [5.41, 5.74) is 1.31. The monoisotopic (exact) mass is 306 g/mol. The first kappa shape index (κ1) is 14.1. The second-order valence-electron chi connectivity index (χ2n) is 4.78. The lowest BCUT2D eigenvalue weighted by Gasteiger charge is -2.19. The molecule has 0 aliphatic carbocycles. The van der Waals surface area contributed by atoms with Crippen LogP contribution in [0.1, 0.15) is 23.6 Å². The number of aromatic nitrogens is 3. The fourth-order valence-electron chi connectivity index (χ4n) is 2.35. The molecule has 0 spiro atoms. The Morgan fingerprint density at radius 2 is 2.24 bits per heavy atom. The van der Waals surface area contributed by atoms with Crippen molar-refractivity contribution in [1.29, 1.82) is 0 Å². The van der Waals surface area contributed by atoms with Crippen molar-refractivity contribution in [2.24, 2.45) is 0 Å². The minimum absolute atomic E-state index is 0.0862. The van der Waals surface area contributed by atoms with Gasteiger partial charge in [0.1, 0.15) is 16.9 Å². The largest absolute Gasteiger partial charge is 0.324 e. The van der Waals surface area contributed by atoms with Gasteiger partial charge < -0.3 is 4.90 Å². The standard InChI is InChI=1S/C14H15FN4OS/c1-2-19-13(20)9-21-14(19)12-8-18(17-16-12)7-10-5-3-4-6-11(10)15/h3-6,8,14H,2,7,9H2,1H3/t14-/m0/s1. The number of thioether (sulfide) groups is 1. The van der Waals surface area contributed by atoms with Crippen LogP contribution in [-0.2, 0) is 11.3 Å². The third-order valence-electron chi connectivity index (χ3n) is 3.41. The summed E-state index contributed by atoms with van der Waals surface area (Å²) in [5.74, 6) is 0.338. The molecule has 0 bridgehead atoms. The molecular weight excluding hydrogens is 291 g/mol. The highest BCUT2D eigenvalue weighted by Crippen LogP contribution is 2.37. The van der Waals surface area contributed by atoms with Gasteiger partial charge in [0.05, 0.1) is 18.5 Å². The average molecular weight is 306 g/mol. The molecule has 0 unspecified atom stereocenters. The van der Waals surface area contributed by atoms with Crippen LogP contribution in [0.4, 0.5) is 4.39 Å². The summed E-state index contributed by atoms with van der Waals surface area (Å²) in [4.78, 5) is 13.5. The van der Waals surface area contributed by atoms with Crippen molar-refractivity contribution >= 4 is 17.7 Å². The van der Waals surface area contributed by atoms with Crippen LogP contribution in [-0.4, -0.2) is 38.1 Å². The number of halogens is 1. The van der Waals surface area contributed by atoms with E-state index in [1.165, 1.54) is 6.07 Å². The fourth-order valence-corrected chi connectivity index (χ4v) is 3.54. The Hall–Kier alpha value is -1.89. The Kier molecular flexibility index (Phi) is 3.92. The third kappa shape index (κ3) is 2.78. The van der Waals surface area contributed by atoms with Crippen LogP contribution in [0.25, 0.3) is 0 Å². The van der Waals surface area contributed by atoms with Gasteiger partial charge in [0, 0.05) is 12.1 Å². The molecule has 1 atom stereocenters. The Morgan fingerprint density at radius 1 is 1.43 bits per heavy atom. The minimum atomic E-state index is -0.254. The molecule has 1 aromatic heterocycles. The first-order valence-electron chi connectivity index (χ1n) is 6.73. The van der Waals surface area contributed by atoms with E-state index < -0.39 is 0 Å². The van der Waals surface area contributed by atoms with Gasteiger partial charge in [0.25, 0.3) is 0 Å². The van der Waals surface area contributed by atoms with Gasteiger partial charge >= 0.3 is 0 Å². The van der Waals surface area contributed by atoms with E-state index in [1.807, 2.05) is 6.92 Å². The Bertz CT molecular complexity index is 660. The number of amides is 1. The molecule has 7 heteroatoms. The van der Waals surface area contributed by atoms with Crippen LogP contribution < -0.4 is 0 Å². The molecule has 0 radical (unpaired) electrons. The number of hydrogen-bond acceptors (Lipinski definition) is 4. The SMILES string of the molecule is CCN1C(=O)CS[C@H]1c1cn(Cc2ccccc2F)nn1. The molecule has 1 amide bonds. The molecule has 1 aliphatic heterocycles. The van der Waals surface area contributed by atoms with E-state index in [1.54, 1.807) is 45.7 Å². The van der Waals surface area contributed by atoms with Crippen LogP contribution in [0.15, 0.2) is 30.5 Å². The predicted octanol–water partition coefficient (Wildman–Crippen LogP) is 2.06. The second kappa shape index (κ2) is 5.85. The van der Waals surface area contributed by atoms with E-state index in [0.29, 0.717) is 24.4 Å². The lowest BCUT2D eigenvalue weighted by molar-refractivity contribution is -0.127. The van der Waals surface area contributed by atoms with E-state index in [0.717, 1.165) is 5.69 Å². The zero-order chi connectivity index (χ0) is 14.8. The first-order valence-corrected chi connectivity index (χ1v) is 7.78. The quantitative estimate of drug-likeness (QED) is 0.867. The van der Waals surface area contributed by atoms with Crippen LogP contribution in [0.3, 0.4) is 0 Å². The van der Waals surface area contributed by atoms with Gasteiger partial charge in [0.15, 0.2) is 0 Å². The lowest BCUT2D eigenvalue weighted by Crippen LogP contribution is -2.27. The second-order valence-corrected chi connectivity index (χ2v) is 5.84. The number of nitrogens with zero attached hydrogens (tertiary/aromatic N) is 4. The summed E-state index contributed by atoms with van der Waals surface area (Å²) in [6.45, 7) is 2.92. The summed E-state index contributed by atoms with van der Waals surface area (Å²) >= 11 is 1.55. The van der Waals surface area contributed by atoms with Gasteiger partial charge in [-0.1, -0.05) is 23.4 Å². The zero-order valence-electron chi connectivity index (χ0n) is 11.6. The van der Waals surface area contributed by atoms with Gasteiger partial charge in [-0.2, -0.15) is 0 Å². The maximum Gasteiger partial charge on any atom is 0.233 e. The predicted molar refractivity (Wildman–Crippen MR) is 78.1 cm³/mol. The smallest absolute Gasteiger partial charge is 0.233 e. The lowest BCUT2D eigenvalue weighted by atomic mass is 10.2. The van der Waals surface area contributed by atoms with Crippen molar-refractivity contribution in [3.8, 4) is 0 Å². The Morgan fingerprint density at radius 3 is 3.00 bits per heavy atom. The molecule has 3 rings (SSSR count). The summed E-state index contributed by atoms with van der Waals surface area (Å²) in [6, 6.07) is 6.60. The normalized spacial score (nSPS) is 18.5. The van der Waals surface area contributed by atoms with E-state index in [9.17, 15) is 9.18 Å². The highest BCUT2D eigenvalue weighted by Gasteiger charge is 2.33. The molecule has 1 saturated heterocycles. The molecule has 0 N–H and O–H groups in total. The Balaban J connectivity index is 1.78. The molecule has 5 nitrogen and oxygen atoms in total. The summed E-state index contributed by atoms with van der Waals surface area (Å²) < 4.78 is 15.2. The van der Waals surface area contributed by atoms with Crippen molar-refractivity contribution in [3.63, 3.8) is 0 Å². The van der Waals surface area contributed by atoms with Crippen molar-refractivity contribution in [2.75, 3.05) is 12.3 Å². The van der Waals surface area contributed by atoms with Gasteiger partial charge in [-0.25, -0.2) is 9.07 Å². The van der Waals surface area contributed by atoms with Crippen LogP contribution >= 0.6 is 11.8 Å². The molecule has 1 fully saturated rings. The summed E-state index contributed by atoms with van der Waals surface area (Å²) in [7, 11) is 0. The molecule has 0 saturated carbocycles. The van der Waals surface area contributed by atoms with Crippen LogP contribution in [0.2, 0.25) is 0 Å². The highest BCUT2D eigenvalue weighted by atomic mass is 32.2. The number of carbonyl (C=O) groups is 1. The molecule has 1 aliphatic rings. The van der Waals surface area contributed by atoms with Gasteiger partial charge in [-0.3, -0.25) is 4.79 Å². The fraction of sp³-hybridized carbons (Fsp3) is 0.357. The van der Waals surface area contributed by atoms with Gasteiger partial charge in [0.2, 0.25) is 5.91 Å². The summed E-state index contributed by atoms with van der Waals surface area (Å²) in [5, 5.41) is 8.09. The average Bonchev–Trinajstić information content (AvgIpc) is 3.07. The molecule has 21 heavy (non-hydrogen) atoms. The minimum Gasteiger partial charge on any atom is -0.324 e. The number of rotatable bonds is 4. The topological polar surface area (TPSA) is 51.0 Å².